The Bertz CT molecular complexity index is 2000. The summed E-state index contributed by atoms with van der Waals surface area (Å²) in [4.78, 5) is 25.0. The number of phenols is 1. The molecule has 4 heterocycles. The molecule has 6 aromatic rings. The first-order chi connectivity index (χ1) is 22.4. The highest BCUT2D eigenvalue weighted by atomic mass is 16.3. The first kappa shape index (κ1) is 29.6. The number of aliphatic hydroxyl groups excluding tert-OH is 1. The number of benzene rings is 3. The van der Waals surface area contributed by atoms with Crippen LogP contribution in [0.3, 0.4) is 0 Å². The zero-order valence-electron chi connectivity index (χ0n) is 25.7. The van der Waals surface area contributed by atoms with E-state index >= 15 is 0 Å². The monoisotopic (exact) mass is 612 g/mol. The number of hydrogen-bond donors (Lipinski definition) is 3. The number of aromatic hydroxyl groups is 1. The van der Waals surface area contributed by atoms with Crippen molar-refractivity contribution in [3.8, 4) is 28.1 Å². The lowest BCUT2D eigenvalue weighted by Gasteiger charge is -2.31. The lowest BCUT2D eigenvalue weighted by atomic mass is 9.95. The maximum Gasteiger partial charge on any atom is 0.223 e. The second-order valence-electron chi connectivity index (χ2n) is 12.1. The average Bonchev–Trinajstić information content (AvgIpc) is 3.48. The molecule has 3 N–H and O–H groups in total. The van der Waals surface area contributed by atoms with Crippen LogP contribution in [0.4, 0.5) is 0 Å². The molecular formula is C37H36N6O3. The van der Waals surface area contributed by atoms with Gasteiger partial charge in [-0.15, -0.1) is 0 Å². The van der Waals surface area contributed by atoms with E-state index in [2.05, 4.69) is 62.8 Å². The molecule has 0 spiro atoms. The third kappa shape index (κ3) is 6.20. The molecule has 1 aliphatic heterocycles. The Balaban J connectivity index is 1.03. The van der Waals surface area contributed by atoms with Crippen molar-refractivity contribution in [3.05, 3.63) is 114 Å². The Morgan fingerprint density at radius 2 is 1.74 bits per heavy atom. The Morgan fingerprint density at radius 1 is 0.957 bits per heavy atom. The number of aromatic nitrogens is 4. The van der Waals surface area contributed by atoms with E-state index in [1.165, 1.54) is 11.6 Å². The van der Waals surface area contributed by atoms with Gasteiger partial charge in [0.1, 0.15) is 5.75 Å². The molecule has 0 saturated carbocycles. The standard InChI is InChI=1S/C37H36N6O3/c1-24-18-34-38-21-30-20-32(26-6-3-2-4-7-26)35(40-36(30)43(34)41-24)27-12-10-25(11-13-27)23-42-16-14-28(15-17-42)37(46)39-22-33(45)29-8-5-9-31(44)19-29/h2-13,18-21,28,33,44-45H,14-17,22-23H2,1H3,(H,39,46)/t33-/m0/s1. The summed E-state index contributed by atoms with van der Waals surface area (Å²) in [6, 6.07) is 29.5. The van der Waals surface area contributed by atoms with Gasteiger partial charge in [0.2, 0.25) is 5.91 Å². The highest BCUT2D eigenvalue weighted by Crippen LogP contribution is 2.34. The topological polar surface area (TPSA) is 116 Å². The number of phenolic OH excluding ortho intramolecular Hbond substituents is 1. The van der Waals surface area contributed by atoms with Gasteiger partial charge in [0.15, 0.2) is 11.3 Å². The SMILES string of the molecule is Cc1cc2ncc3cc(-c4ccccc4)c(-c4ccc(CN5CCC(C(=O)NC[C@H](O)c6cccc(O)c6)CC5)cc4)nc3n2n1. The quantitative estimate of drug-likeness (QED) is 0.202. The van der Waals surface area contributed by atoms with E-state index in [4.69, 9.17) is 4.98 Å². The van der Waals surface area contributed by atoms with Crippen LogP contribution >= 0.6 is 0 Å². The fourth-order valence-corrected chi connectivity index (χ4v) is 6.28. The van der Waals surface area contributed by atoms with Gasteiger partial charge in [-0.1, -0.05) is 66.7 Å². The summed E-state index contributed by atoms with van der Waals surface area (Å²) in [5, 5.41) is 28.5. The summed E-state index contributed by atoms with van der Waals surface area (Å²) < 4.78 is 1.82. The van der Waals surface area contributed by atoms with Crippen molar-refractivity contribution >= 4 is 22.6 Å². The lowest BCUT2D eigenvalue weighted by Crippen LogP contribution is -2.41. The summed E-state index contributed by atoms with van der Waals surface area (Å²) in [7, 11) is 0. The van der Waals surface area contributed by atoms with Crippen molar-refractivity contribution in [1.82, 2.24) is 29.8 Å². The minimum absolute atomic E-state index is 0.0290. The number of hydrogen-bond acceptors (Lipinski definition) is 7. The zero-order valence-corrected chi connectivity index (χ0v) is 25.7. The molecule has 232 valence electrons. The molecule has 0 radical (unpaired) electrons. The van der Waals surface area contributed by atoms with Crippen LogP contribution in [-0.2, 0) is 11.3 Å². The summed E-state index contributed by atoms with van der Waals surface area (Å²) in [6.07, 6.45) is 2.54. The second kappa shape index (κ2) is 12.7. The highest BCUT2D eigenvalue weighted by Gasteiger charge is 2.25. The molecular weight excluding hydrogens is 576 g/mol. The number of pyridine rings is 1. The molecule has 0 bridgehead atoms. The molecule has 1 aliphatic rings. The minimum Gasteiger partial charge on any atom is -0.508 e. The molecule has 1 fully saturated rings. The third-order valence-corrected chi connectivity index (χ3v) is 8.78. The number of amides is 1. The summed E-state index contributed by atoms with van der Waals surface area (Å²) in [5.41, 5.74) is 8.29. The second-order valence-corrected chi connectivity index (χ2v) is 12.1. The number of nitrogens with zero attached hydrogens (tertiary/aromatic N) is 5. The van der Waals surface area contributed by atoms with Crippen LogP contribution < -0.4 is 5.32 Å². The van der Waals surface area contributed by atoms with Gasteiger partial charge < -0.3 is 15.5 Å². The maximum absolute atomic E-state index is 12.8. The highest BCUT2D eigenvalue weighted by molar-refractivity contribution is 5.90. The van der Waals surface area contributed by atoms with Gasteiger partial charge in [0.05, 0.1) is 17.5 Å². The molecule has 1 atom stereocenters. The minimum atomic E-state index is -0.861. The summed E-state index contributed by atoms with van der Waals surface area (Å²) in [5.74, 6) is -0.0136. The van der Waals surface area contributed by atoms with E-state index in [1.807, 2.05) is 41.9 Å². The molecule has 7 rings (SSSR count). The summed E-state index contributed by atoms with van der Waals surface area (Å²) in [6.45, 7) is 4.54. The molecule has 9 heteroatoms. The third-order valence-electron chi connectivity index (χ3n) is 8.78. The number of nitrogens with one attached hydrogen (secondary N) is 1. The lowest BCUT2D eigenvalue weighted by molar-refractivity contribution is -0.127. The summed E-state index contributed by atoms with van der Waals surface area (Å²) >= 11 is 0. The maximum atomic E-state index is 12.8. The number of fused-ring (bicyclic) bond motifs is 3. The average molecular weight is 613 g/mol. The Kier molecular flexibility index (Phi) is 8.17. The van der Waals surface area contributed by atoms with Crippen LogP contribution in [0.1, 0.15) is 35.8 Å². The van der Waals surface area contributed by atoms with Crippen molar-refractivity contribution in [2.45, 2.75) is 32.4 Å². The zero-order chi connectivity index (χ0) is 31.6. The van der Waals surface area contributed by atoms with Gasteiger partial charge >= 0.3 is 0 Å². The molecule has 0 unspecified atom stereocenters. The van der Waals surface area contributed by atoms with Crippen LogP contribution in [0.25, 0.3) is 39.1 Å². The Morgan fingerprint density at radius 3 is 2.50 bits per heavy atom. The van der Waals surface area contributed by atoms with Crippen LogP contribution in [0, 0.1) is 12.8 Å². The predicted octanol–water partition coefficient (Wildman–Crippen LogP) is 5.69. The number of carbonyl (C=O) groups is 1. The van der Waals surface area contributed by atoms with Crippen LogP contribution in [0.15, 0.2) is 97.2 Å². The van der Waals surface area contributed by atoms with Crippen molar-refractivity contribution in [1.29, 1.82) is 0 Å². The fraction of sp³-hybridized carbons (Fsp3) is 0.243. The number of rotatable bonds is 8. The molecule has 1 saturated heterocycles. The molecule has 1 amide bonds. The normalized spacial score (nSPS) is 14.9. The predicted molar refractivity (Wildman–Crippen MR) is 178 cm³/mol. The fourth-order valence-electron chi connectivity index (χ4n) is 6.28. The number of carbonyl (C=O) groups excluding carboxylic acids is 1. The largest absolute Gasteiger partial charge is 0.508 e. The number of likely N-dealkylation sites (tertiary alicyclic amines) is 1. The van der Waals surface area contributed by atoms with E-state index in [0.29, 0.717) is 5.56 Å². The van der Waals surface area contributed by atoms with Crippen LogP contribution in [-0.4, -0.2) is 60.2 Å². The Hall–Kier alpha value is -5.12. The van der Waals surface area contributed by atoms with Gasteiger partial charge in [-0.3, -0.25) is 9.69 Å². The Labute approximate surface area is 267 Å². The molecule has 0 aliphatic carbocycles. The van der Waals surface area contributed by atoms with Gasteiger partial charge in [-0.25, -0.2) is 9.97 Å². The molecule has 3 aromatic heterocycles. The first-order valence-corrected chi connectivity index (χ1v) is 15.7. The van der Waals surface area contributed by atoms with E-state index in [9.17, 15) is 15.0 Å². The van der Waals surface area contributed by atoms with Crippen molar-refractivity contribution in [2.75, 3.05) is 19.6 Å². The van der Waals surface area contributed by atoms with Gasteiger partial charge in [-0.05, 0) is 67.7 Å². The molecule has 3 aromatic carbocycles. The molecule has 9 nitrogen and oxygen atoms in total. The van der Waals surface area contributed by atoms with Crippen LogP contribution in [0.2, 0.25) is 0 Å². The van der Waals surface area contributed by atoms with Crippen molar-refractivity contribution < 1.29 is 15.0 Å². The van der Waals surface area contributed by atoms with Crippen LogP contribution in [0.5, 0.6) is 5.75 Å². The van der Waals surface area contributed by atoms with E-state index < -0.39 is 6.10 Å². The number of aryl methyl sites for hydroxylation is 1. The van der Waals surface area contributed by atoms with E-state index in [1.54, 1.807) is 18.2 Å². The number of piperidine rings is 1. The van der Waals surface area contributed by atoms with Crippen molar-refractivity contribution in [3.63, 3.8) is 0 Å². The number of aliphatic hydroxyl groups is 1. The van der Waals surface area contributed by atoms with E-state index in [0.717, 1.165) is 77.2 Å². The van der Waals surface area contributed by atoms with Crippen molar-refractivity contribution in [2.24, 2.45) is 5.92 Å². The first-order valence-electron chi connectivity index (χ1n) is 15.7. The van der Waals surface area contributed by atoms with Gasteiger partial charge in [0, 0.05) is 47.8 Å². The van der Waals surface area contributed by atoms with Gasteiger partial charge in [0.25, 0.3) is 0 Å². The molecule has 46 heavy (non-hydrogen) atoms. The van der Waals surface area contributed by atoms with Gasteiger partial charge in [-0.2, -0.15) is 9.61 Å². The smallest absolute Gasteiger partial charge is 0.223 e. The van der Waals surface area contributed by atoms with E-state index in [-0.39, 0.29) is 24.1 Å².